The summed E-state index contributed by atoms with van der Waals surface area (Å²) in [6.07, 6.45) is -3.48. The second-order valence-electron chi connectivity index (χ2n) is 5.24. The number of nitrogens with zero attached hydrogens (tertiary/aromatic N) is 3. The summed E-state index contributed by atoms with van der Waals surface area (Å²) in [5.41, 5.74) is 2.32. The van der Waals surface area contributed by atoms with Crippen LogP contribution in [-0.2, 0) is 11.0 Å². The SMILES string of the molecule is COc1ccc(C2=NNC(=O)CC2C)c2nc(C(F)(F)F)cn12. The van der Waals surface area contributed by atoms with Crippen LogP contribution in [0.15, 0.2) is 23.4 Å². The highest BCUT2D eigenvalue weighted by atomic mass is 19.4. The molecule has 1 aliphatic rings. The Labute approximate surface area is 129 Å². The van der Waals surface area contributed by atoms with Crippen molar-refractivity contribution in [2.45, 2.75) is 19.5 Å². The fourth-order valence-electron chi connectivity index (χ4n) is 2.53. The molecule has 1 aliphatic heterocycles. The average molecular weight is 326 g/mol. The van der Waals surface area contributed by atoms with Crippen molar-refractivity contribution < 1.29 is 22.7 Å². The first-order chi connectivity index (χ1) is 10.8. The van der Waals surface area contributed by atoms with Crippen LogP contribution < -0.4 is 10.2 Å². The van der Waals surface area contributed by atoms with Crippen molar-refractivity contribution in [1.82, 2.24) is 14.8 Å². The lowest BCUT2D eigenvalue weighted by Crippen LogP contribution is -2.32. The Kier molecular flexibility index (Phi) is 3.50. The van der Waals surface area contributed by atoms with Crippen molar-refractivity contribution in [3.63, 3.8) is 0 Å². The van der Waals surface area contributed by atoms with E-state index in [0.717, 1.165) is 6.20 Å². The summed E-state index contributed by atoms with van der Waals surface area (Å²) in [4.78, 5) is 15.0. The molecule has 1 unspecified atom stereocenters. The zero-order chi connectivity index (χ0) is 16.8. The van der Waals surface area contributed by atoms with E-state index < -0.39 is 11.9 Å². The number of aromatic nitrogens is 2. The number of carbonyl (C=O) groups excluding carboxylic acids is 1. The van der Waals surface area contributed by atoms with Crippen molar-refractivity contribution in [3.8, 4) is 5.88 Å². The highest BCUT2D eigenvalue weighted by Crippen LogP contribution is 2.31. The predicted molar refractivity (Wildman–Crippen MR) is 75.2 cm³/mol. The van der Waals surface area contributed by atoms with Gasteiger partial charge < -0.3 is 4.74 Å². The lowest BCUT2D eigenvalue weighted by molar-refractivity contribution is -0.140. The Hall–Kier alpha value is -2.58. The molecule has 6 nitrogen and oxygen atoms in total. The first kappa shape index (κ1) is 15.3. The smallest absolute Gasteiger partial charge is 0.434 e. The Morgan fingerprint density at radius 3 is 2.74 bits per heavy atom. The third-order valence-corrected chi connectivity index (χ3v) is 3.61. The number of halogens is 3. The van der Waals surface area contributed by atoms with E-state index in [1.165, 1.54) is 17.6 Å². The van der Waals surface area contributed by atoms with Crippen molar-refractivity contribution in [2.75, 3.05) is 7.11 Å². The van der Waals surface area contributed by atoms with E-state index in [0.29, 0.717) is 11.3 Å². The van der Waals surface area contributed by atoms with Gasteiger partial charge in [0.25, 0.3) is 0 Å². The van der Waals surface area contributed by atoms with Crippen LogP contribution in [0.5, 0.6) is 5.88 Å². The number of hydrogen-bond acceptors (Lipinski definition) is 4. The molecule has 1 atom stereocenters. The van der Waals surface area contributed by atoms with Gasteiger partial charge in [-0.05, 0) is 12.1 Å². The quantitative estimate of drug-likeness (QED) is 0.920. The number of ether oxygens (including phenoxy) is 1. The molecule has 2 aromatic rings. The third-order valence-electron chi connectivity index (χ3n) is 3.61. The van der Waals surface area contributed by atoms with E-state index in [9.17, 15) is 18.0 Å². The Balaban J connectivity index is 2.22. The summed E-state index contributed by atoms with van der Waals surface area (Å²) in [6, 6.07) is 3.13. The van der Waals surface area contributed by atoms with Crippen LogP contribution >= 0.6 is 0 Å². The van der Waals surface area contributed by atoms with Gasteiger partial charge in [-0.2, -0.15) is 18.3 Å². The van der Waals surface area contributed by atoms with Gasteiger partial charge in [-0.3, -0.25) is 9.20 Å². The second kappa shape index (κ2) is 5.25. The maximum atomic E-state index is 13.0. The summed E-state index contributed by atoms with van der Waals surface area (Å²) < 4.78 is 45.2. The minimum atomic E-state index is -4.57. The molecule has 3 heterocycles. The summed E-state index contributed by atoms with van der Waals surface area (Å²) in [6.45, 7) is 1.78. The molecule has 0 spiro atoms. The van der Waals surface area contributed by atoms with Crippen LogP contribution in [0.4, 0.5) is 13.2 Å². The standard InChI is InChI=1S/C14H13F3N4O2/c1-7-5-10(22)19-20-12(7)8-3-4-11(23-2)21-6-9(14(15,16)17)18-13(8)21/h3-4,6-7H,5H2,1-2H3,(H,19,22). The lowest BCUT2D eigenvalue weighted by atomic mass is 9.95. The van der Waals surface area contributed by atoms with E-state index in [1.54, 1.807) is 13.0 Å². The monoisotopic (exact) mass is 326 g/mol. The summed E-state index contributed by atoms with van der Waals surface area (Å²) >= 11 is 0. The zero-order valence-corrected chi connectivity index (χ0v) is 12.3. The molecular weight excluding hydrogens is 313 g/mol. The molecule has 9 heteroatoms. The highest BCUT2D eigenvalue weighted by Gasteiger charge is 2.35. The van der Waals surface area contributed by atoms with E-state index >= 15 is 0 Å². The maximum absolute atomic E-state index is 13.0. The van der Waals surface area contributed by atoms with Crippen molar-refractivity contribution in [2.24, 2.45) is 11.0 Å². The number of fused-ring (bicyclic) bond motifs is 1. The topological polar surface area (TPSA) is 68.0 Å². The number of rotatable bonds is 2. The Bertz CT molecular complexity index is 810. The van der Waals surface area contributed by atoms with Crippen LogP contribution in [0.2, 0.25) is 0 Å². The molecule has 0 saturated heterocycles. The number of methoxy groups -OCH3 is 1. The summed E-state index contributed by atoms with van der Waals surface area (Å²) in [7, 11) is 1.36. The molecule has 23 heavy (non-hydrogen) atoms. The molecule has 122 valence electrons. The number of amides is 1. The van der Waals surface area contributed by atoms with Gasteiger partial charge in [0.05, 0.1) is 12.8 Å². The number of alkyl halides is 3. The minimum absolute atomic E-state index is 0.0819. The molecule has 0 radical (unpaired) electrons. The molecule has 0 bridgehead atoms. The van der Waals surface area contributed by atoms with Crippen LogP contribution in [0.1, 0.15) is 24.6 Å². The lowest BCUT2D eigenvalue weighted by Gasteiger charge is -2.19. The van der Waals surface area contributed by atoms with E-state index in [-0.39, 0.29) is 29.8 Å². The Morgan fingerprint density at radius 2 is 2.13 bits per heavy atom. The fraction of sp³-hybridized carbons (Fsp3) is 0.357. The number of hydrazone groups is 1. The van der Waals surface area contributed by atoms with Gasteiger partial charge >= 0.3 is 6.18 Å². The summed E-state index contributed by atoms with van der Waals surface area (Å²) in [5, 5.41) is 3.98. The first-order valence-electron chi connectivity index (χ1n) is 6.81. The predicted octanol–water partition coefficient (Wildman–Crippen LogP) is 2.22. The van der Waals surface area contributed by atoms with Crippen LogP contribution in [0.25, 0.3) is 5.65 Å². The molecule has 1 amide bonds. The number of nitrogens with one attached hydrogen (secondary N) is 1. The summed E-state index contributed by atoms with van der Waals surface area (Å²) in [5.74, 6) is -0.239. The zero-order valence-electron chi connectivity index (χ0n) is 12.3. The molecule has 0 aliphatic carbocycles. The van der Waals surface area contributed by atoms with Crippen molar-refractivity contribution in [1.29, 1.82) is 0 Å². The van der Waals surface area contributed by atoms with Gasteiger partial charge in [-0.1, -0.05) is 6.92 Å². The van der Waals surface area contributed by atoms with Crippen LogP contribution in [0.3, 0.4) is 0 Å². The van der Waals surface area contributed by atoms with Gasteiger partial charge in [-0.15, -0.1) is 0 Å². The van der Waals surface area contributed by atoms with Gasteiger partial charge in [0, 0.05) is 24.1 Å². The molecule has 0 saturated carbocycles. The second-order valence-corrected chi connectivity index (χ2v) is 5.24. The molecular formula is C14H13F3N4O2. The third kappa shape index (κ3) is 2.62. The van der Waals surface area contributed by atoms with Crippen molar-refractivity contribution in [3.05, 3.63) is 29.6 Å². The van der Waals surface area contributed by atoms with E-state index in [1.807, 2.05) is 0 Å². The molecule has 3 rings (SSSR count). The number of hydrogen-bond donors (Lipinski definition) is 1. The number of pyridine rings is 1. The first-order valence-corrected chi connectivity index (χ1v) is 6.81. The molecule has 0 fully saturated rings. The number of imidazole rings is 1. The molecule has 0 aromatic carbocycles. The van der Waals surface area contributed by atoms with Gasteiger partial charge in [0.2, 0.25) is 5.91 Å². The maximum Gasteiger partial charge on any atom is 0.434 e. The highest BCUT2D eigenvalue weighted by molar-refractivity contribution is 6.09. The van der Waals surface area contributed by atoms with E-state index in [4.69, 9.17) is 4.74 Å². The Morgan fingerprint density at radius 1 is 1.39 bits per heavy atom. The normalized spacial score (nSPS) is 18.7. The van der Waals surface area contributed by atoms with Gasteiger partial charge in [0.1, 0.15) is 5.65 Å². The largest absolute Gasteiger partial charge is 0.482 e. The van der Waals surface area contributed by atoms with Crippen molar-refractivity contribution >= 4 is 17.3 Å². The molecule has 2 aromatic heterocycles. The number of carbonyl (C=O) groups is 1. The van der Waals surface area contributed by atoms with Crippen LogP contribution in [0, 0.1) is 5.92 Å². The molecule has 1 N–H and O–H groups in total. The van der Waals surface area contributed by atoms with Crippen LogP contribution in [-0.4, -0.2) is 28.1 Å². The fourth-order valence-corrected chi connectivity index (χ4v) is 2.53. The minimum Gasteiger partial charge on any atom is -0.482 e. The van der Waals surface area contributed by atoms with Gasteiger partial charge in [0.15, 0.2) is 11.6 Å². The van der Waals surface area contributed by atoms with E-state index in [2.05, 4.69) is 15.5 Å². The van der Waals surface area contributed by atoms with Gasteiger partial charge in [-0.25, -0.2) is 10.4 Å². The average Bonchev–Trinajstić information content (AvgIpc) is 2.92.